The first-order chi connectivity index (χ1) is 3.97. The molecule has 0 atom stereocenters. The largest absolute Gasteiger partial charge is 0.224 e. The molecular weight excluding hydrogens is 140 g/mol. The average Bonchev–Trinajstić information content (AvgIpc) is 2.15. The molecule has 2 aromatic heterocycles. The van der Waals surface area contributed by atoms with Crippen LogP contribution in [0.4, 0.5) is 0 Å². The lowest BCUT2D eigenvalue weighted by molar-refractivity contribution is 1.44. The Hall–Kier alpha value is -0.480. The van der Waals surface area contributed by atoms with Crippen LogP contribution in [0.2, 0.25) is 0 Å². The van der Waals surface area contributed by atoms with Crippen LogP contribution in [0.15, 0.2) is 10.9 Å². The molecule has 0 unspecified atom stereocenters. The molecule has 0 N–H and O–H groups in total. The van der Waals surface area contributed by atoms with Gasteiger partial charge in [0.05, 0.1) is 10.2 Å². The van der Waals surface area contributed by atoms with Crippen molar-refractivity contribution in [2.45, 2.75) is 0 Å². The van der Waals surface area contributed by atoms with Gasteiger partial charge in [0, 0.05) is 5.38 Å². The summed E-state index contributed by atoms with van der Waals surface area (Å²) in [7, 11) is 0. The molecule has 0 spiro atoms. The minimum Gasteiger partial charge on any atom is -0.224 e. The number of rotatable bonds is 0. The maximum absolute atomic E-state index is 4.02. The van der Waals surface area contributed by atoms with Crippen molar-refractivity contribution in [2.75, 3.05) is 0 Å². The van der Waals surface area contributed by atoms with Crippen molar-refractivity contribution >= 4 is 33.2 Å². The SMILES string of the molecule is c1nc2nscc2s1. The molecule has 2 nitrogen and oxygen atoms in total. The molecule has 2 aromatic rings. The number of thiazole rings is 1. The van der Waals surface area contributed by atoms with Crippen LogP contribution in [0.3, 0.4) is 0 Å². The Bertz CT molecular complexity index is 233. The van der Waals surface area contributed by atoms with Gasteiger partial charge in [0.1, 0.15) is 0 Å². The minimum absolute atomic E-state index is 0.889. The fourth-order valence-electron chi connectivity index (χ4n) is 0.523. The van der Waals surface area contributed by atoms with E-state index in [2.05, 4.69) is 9.36 Å². The Balaban J connectivity index is 3.06. The van der Waals surface area contributed by atoms with Crippen LogP contribution in [-0.2, 0) is 0 Å². The Labute approximate surface area is 54.0 Å². The summed E-state index contributed by atoms with van der Waals surface area (Å²) < 4.78 is 5.21. The summed E-state index contributed by atoms with van der Waals surface area (Å²) in [4.78, 5) is 4.00. The van der Waals surface area contributed by atoms with Crippen molar-refractivity contribution in [3.05, 3.63) is 10.9 Å². The van der Waals surface area contributed by atoms with Crippen molar-refractivity contribution in [1.29, 1.82) is 0 Å². The molecule has 0 amide bonds. The minimum atomic E-state index is 0.889. The summed E-state index contributed by atoms with van der Waals surface area (Å²) in [6.07, 6.45) is 0. The third kappa shape index (κ3) is 0.468. The second kappa shape index (κ2) is 1.50. The lowest BCUT2D eigenvalue weighted by Gasteiger charge is -1.60. The highest BCUT2D eigenvalue weighted by Gasteiger charge is 1.94. The van der Waals surface area contributed by atoms with Crippen LogP contribution in [0.5, 0.6) is 0 Å². The van der Waals surface area contributed by atoms with Crippen molar-refractivity contribution in [3.8, 4) is 0 Å². The van der Waals surface area contributed by atoms with Crippen LogP contribution < -0.4 is 0 Å². The Morgan fingerprint density at radius 2 is 2.50 bits per heavy atom. The summed E-state index contributed by atoms with van der Waals surface area (Å²) in [5.41, 5.74) is 2.70. The van der Waals surface area contributed by atoms with Crippen LogP contribution in [0.25, 0.3) is 10.3 Å². The molecule has 0 saturated heterocycles. The van der Waals surface area contributed by atoms with Crippen molar-refractivity contribution in [1.82, 2.24) is 9.36 Å². The van der Waals surface area contributed by atoms with Crippen molar-refractivity contribution < 1.29 is 0 Å². The van der Waals surface area contributed by atoms with E-state index in [1.54, 1.807) is 11.3 Å². The standard InChI is InChI=1S/C4H2N2S2/c1-3-4(6-8-1)5-2-7-3/h1-2H. The van der Waals surface area contributed by atoms with E-state index in [1.807, 2.05) is 10.9 Å². The van der Waals surface area contributed by atoms with Crippen molar-refractivity contribution in [2.24, 2.45) is 0 Å². The van der Waals surface area contributed by atoms with E-state index in [4.69, 9.17) is 0 Å². The molecule has 8 heavy (non-hydrogen) atoms. The van der Waals surface area contributed by atoms with E-state index in [-0.39, 0.29) is 0 Å². The number of hydrogen-bond acceptors (Lipinski definition) is 4. The van der Waals surface area contributed by atoms with Gasteiger partial charge in [-0.25, -0.2) is 4.98 Å². The number of nitrogens with zero attached hydrogens (tertiary/aromatic N) is 2. The van der Waals surface area contributed by atoms with Crippen LogP contribution in [0, 0.1) is 0 Å². The first-order valence-electron chi connectivity index (χ1n) is 2.10. The number of hydrogen-bond donors (Lipinski definition) is 0. The highest BCUT2D eigenvalue weighted by Crippen LogP contribution is 2.17. The van der Waals surface area contributed by atoms with Gasteiger partial charge in [0.25, 0.3) is 0 Å². The smallest absolute Gasteiger partial charge is 0.183 e. The molecule has 40 valence electrons. The summed E-state index contributed by atoms with van der Waals surface area (Å²) in [5.74, 6) is 0. The fourth-order valence-corrected chi connectivity index (χ4v) is 1.90. The summed E-state index contributed by atoms with van der Waals surface area (Å²) in [6, 6.07) is 0. The molecule has 0 aromatic carbocycles. The molecule has 4 heteroatoms. The van der Waals surface area contributed by atoms with Gasteiger partial charge in [0.2, 0.25) is 0 Å². The third-order valence-corrected chi connectivity index (χ3v) is 2.41. The molecule has 2 rings (SSSR count). The maximum Gasteiger partial charge on any atom is 0.183 e. The Kier molecular flexibility index (Phi) is 0.824. The van der Waals surface area contributed by atoms with E-state index in [9.17, 15) is 0 Å². The quantitative estimate of drug-likeness (QED) is 0.560. The zero-order valence-electron chi connectivity index (χ0n) is 3.87. The van der Waals surface area contributed by atoms with Crippen LogP contribution in [-0.4, -0.2) is 9.36 Å². The van der Waals surface area contributed by atoms with E-state index in [0.717, 1.165) is 5.65 Å². The molecule has 0 radical (unpaired) electrons. The number of aromatic nitrogens is 2. The van der Waals surface area contributed by atoms with Gasteiger partial charge >= 0.3 is 0 Å². The highest BCUT2D eigenvalue weighted by atomic mass is 32.1. The van der Waals surface area contributed by atoms with Gasteiger partial charge in [0.15, 0.2) is 5.65 Å². The molecule has 0 aliphatic heterocycles. The molecule has 0 fully saturated rings. The third-order valence-electron chi connectivity index (χ3n) is 0.874. The molecular formula is C4H2N2S2. The first-order valence-corrected chi connectivity index (χ1v) is 3.82. The van der Waals surface area contributed by atoms with E-state index < -0.39 is 0 Å². The Morgan fingerprint density at radius 1 is 1.50 bits per heavy atom. The zero-order chi connectivity index (χ0) is 5.40. The Morgan fingerprint density at radius 3 is 3.38 bits per heavy atom. The molecule has 2 heterocycles. The van der Waals surface area contributed by atoms with Gasteiger partial charge < -0.3 is 0 Å². The first kappa shape index (κ1) is 4.40. The molecule has 0 saturated carbocycles. The predicted molar refractivity (Wildman–Crippen MR) is 35.3 cm³/mol. The van der Waals surface area contributed by atoms with Gasteiger partial charge in [-0.05, 0) is 11.5 Å². The van der Waals surface area contributed by atoms with Gasteiger partial charge in [-0.3, -0.25) is 0 Å². The topological polar surface area (TPSA) is 25.8 Å². The van der Waals surface area contributed by atoms with Gasteiger partial charge in [-0.1, -0.05) is 0 Å². The summed E-state index contributed by atoms with van der Waals surface area (Å²) in [5, 5.41) is 2.01. The van der Waals surface area contributed by atoms with Gasteiger partial charge in [-0.15, -0.1) is 11.3 Å². The highest BCUT2D eigenvalue weighted by molar-refractivity contribution is 7.19. The van der Waals surface area contributed by atoms with E-state index >= 15 is 0 Å². The average molecular weight is 142 g/mol. The van der Waals surface area contributed by atoms with E-state index in [0.29, 0.717) is 0 Å². The molecule has 0 aliphatic carbocycles. The normalized spacial score (nSPS) is 10.5. The maximum atomic E-state index is 4.02. The van der Waals surface area contributed by atoms with Gasteiger partial charge in [-0.2, -0.15) is 4.37 Å². The molecule has 0 bridgehead atoms. The summed E-state index contributed by atoms with van der Waals surface area (Å²) in [6.45, 7) is 0. The second-order valence-corrected chi connectivity index (χ2v) is 2.87. The zero-order valence-corrected chi connectivity index (χ0v) is 5.50. The molecule has 0 aliphatic rings. The van der Waals surface area contributed by atoms with Crippen molar-refractivity contribution in [3.63, 3.8) is 0 Å². The van der Waals surface area contributed by atoms with E-state index in [1.165, 1.54) is 16.2 Å². The van der Waals surface area contributed by atoms with Crippen LogP contribution >= 0.6 is 22.9 Å². The number of fused-ring (bicyclic) bond motifs is 1. The predicted octanol–water partition coefficient (Wildman–Crippen LogP) is 1.75. The lowest BCUT2D eigenvalue weighted by atomic mass is 10.7. The summed E-state index contributed by atoms with van der Waals surface area (Å²) >= 11 is 3.09. The monoisotopic (exact) mass is 142 g/mol. The lowest BCUT2D eigenvalue weighted by Crippen LogP contribution is -1.56. The fraction of sp³-hybridized carbons (Fsp3) is 0. The van der Waals surface area contributed by atoms with Crippen LogP contribution in [0.1, 0.15) is 0 Å². The second-order valence-electron chi connectivity index (χ2n) is 1.35.